The highest BCUT2D eigenvalue weighted by Crippen LogP contribution is 2.31. The second-order valence-corrected chi connectivity index (χ2v) is 4.74. The van der Waals surface area contributed by atoms with E-state index in [0.29, 0.717) is 0 Å². The molecule has 0 spiro atoms. The number of rotatable bonds is 2. The maximum atomic E-state index is 11.8. The number of fused-ring (bicyclic) bond motifs is 1. The molecule has 1 aliphatic rings. The summed E-state index contributed by atoms with van der Waals surface area (Å²) in [5.74, 6) is 1.03. The van der Waals surface area contributed by atoms with Gasteiger partial charge < -0.3 is 10.1 Å². The van der Waals surface area contributed by atoms with Gasteiger partial charge >= 0.3 is 0 Å². The third-order valence-corrected chi connectivity index (χ3v) is 3.03. The van der Waals surface area contributed by atoms with Gasteiger partial charge in [-0.25, -0.2) is 0 Å². The summed E-state index contributed by atoms with van der Waals surface area (Å²) in [6.07, 6.45) is 1.91. The molecule has 1 N–H and O–H groups in total. The first-order valence-corrected chi connectivity index (χ1v) is 6.20. The summed E-state index contributed by atoms with van der Waals surface area (Å²) >= 11 is 0. The summed E-state index contributed by atoms with van der Waals surface area (Å²) in [4.78, 5) is 11.8. The second-order valence-electron chi connectivity index (χ2n) is 4.74. The standard InChI is InChI=1S/C14H19NO2/c1-10(2)14(16)15-12-7-5-9-17-13-8-4-3-6-11(12)13/h3-4,6,8,10,12H,5,7,9H2,1-2H3,(H,15,16). The lowest BCUT2D eigenvalue weighted by Gasteiger charge is -2.19. The van der Waals surface area contributed by atoms with E-state index in [0.717, 1.165) is 30.8 Å². The molecule has 1 amide bonds. The molecule has 17 heavy (non-hydrogen) atoms. The number of carbonyl (C=O) groups excluding carboxylic acids is 1. The van der Waals surface area contributed by atoms with Crippen LogP contribution in [0.2, 0.25) is 0 Å². The number of para-hydroxylation sites is 1. The lowest BCUT2D eigenvalue weighted by Crippen LogP contribution is -2.31. The highest BCUT2D eigenvalue weighted by atomic mass is 16.5. The van der Waals surface area contributed by atoms with Crippen molar-refractivity contribution in [3.05, 3.63) is 29.8 Å². The molecule has 0 radical (unpaired) electrons. The van der Waals surface area contributed by atoms with E-state index in [1.54, 1.807) is 0 Å². The van der Waals surface area contributed by atoms with Crippen LogP contribution in [0.5, 0.6) is 5.75 Å². The van der Waals surface area contributed by atoms with Crippen molar-refractivity contribution in [3.8, 4) is 5.75 Å². The van der Waals surface area contributed by atoms with Gasteiger partial charge in [-0.1, -0.05) is 32.0 Å². The minimum Gasteiger partial charge on any atom is -0.493 e. The highest BCUT2D eigenvalue weighted by Gasteiger charge is 2.21. The van der Waals surface area contributed by atoms with Gasteiger partial charge in [0.1, 0.15) is 5.75 Å². The van der Waals surface area contributed by atoms with Crippen LogP contribution in [0.25, 0.3) is 0 Å². The van der Waals surface area contributed by atoms with Crippen molar-refractivity contribution in [1.82, 2.24) is 5.32 Å². The zero-order chi connectivity index (χ0) is 12.3. The van der Waals surface area contributed by atoms with Crippen LogP contribution in [0.4, 0.5) is 0 Å². The molecule has 0 aromatic heterocycles. The molecule has 0 bridgehead atoms. The largest absolute Gasteiger partial charge is 0.493 e. The van der Waals surface area contributed by atoms with Gasteiger partial charge in [0.15, 0.2) is 0 Å². The van der Waals surface area contributed by atoms with Gasteiger partial charge in [-0.2, -0.15) is 0 Å². The predicted molar refractivity (Wildman–Crippen MR) is 66.9 cm³/mol. The molecule has 0 saturated heterocycles. The monoisotopic (exact) mass is 233 g/mol. The summed E-state index contributed by atoms with van der Waals surface area (Å²) in [5, 5.41) is 3.10. The Bertz CT molecular complexity index is 401. The molecular formula is C14H19NO2. The lowest BCUT2D eigenvalue weighted by atomic mass is 10.0. The molecule has 1 aliphatic heterocycles. The van der Waals surface area contributed by atoms with Crippen LogP contribution in [-0.4, -0.2) is 12.5 Å². The van der Waals surface area contributed by atoms with Gasteiger partial charge in [-0.15, -0.1) is 0 Å². The first kappa shape index (κ1) is 12.0. The van der Waals surface area contributed by atoms with Gasteiger partial charge in [0, 0.05) is 11.5 Å². The molecule has 1 unspecified atom stereocenters. The van der Waals surface area contributed by atoms with Crippen molar-refractivity contribution in [2.75, 3.05) is 6.61 Å². The summed E-state index contributed by atoms with van der Waals surface area (Å²) in [5.41, 5.74) is 1.10. The molecular weight excluding hydrogens is 214 g/mol. The van der Waals surface area contributed by atoms with Gasteiger partial charge in [0.05, 0.1) is 12.6 Å². The van der Waals surface area contributed by atoms with Crippen LogP contribution in [0.1, 0.15) is 38.3 Å². The smallest absolute Gasteiger partial charge is 0.223 e. The third-order valence-electron chi connectivity index (χ3n) is 3.03. The van der Waals surface area contributed by atoms with E-state index in [-0.39, 0.29) is 17.9 Å². The predicted octanol–water partition coefficient (Wildman–Crippen LogP) is 2.67. The average Bonchev–Trinajstić information content (AvgIpc) is 2.52. The number of hydrogen-bond acceptors (Lipinski definition) is 2. The number of ether oxygens (including phenoxy) is 1. The molecule has 0 aliphatic carbocycles. The van der Waals surface area contributed by atoms with E-state index in [2.05, 4.69) is 5.32 Å². The number of nitrogens with one attached hydrogen (secondary N) is 1. The minimum atomic E-state index is 0.0198. The number of benzene rings is 1. The fraction of sp³-hybridized carbons (Fsp3) is 0.500. The van der Waals surface area contributed by atoms with Crippen molar-refractivity contribution < 1.29 is 9.53 Å². The van der Waals surface area contributed by atoms with Crippen molar-refractivity contribution in [1.29, 1.82) is 0 Å². The molecule has 2 rings (SSSR count). The van der Waals surface area contributed by atoms with Gasteiger partial charge in [-0.3, -0.25) is 4.79 Å². The lowest BCUT2D eigenvalue weighted by molar-refractivity contribution is -0.124. The van der Waals surface area contributed by atoms with Crippen LogP contribution in [0.3, 0.4) is 0 Å². The molecule has 3 heteroatoms. The van der Waals surface area contributed by atoms with Crippen molar-refractivity contribution in [2.24, 2.45) is 5.92 Å². The maximum absolute atomic E-state index is 11.8. The Balaban J connectivity index is 2.20. The van der Waals surface area contributed by atoms with Crippen molar-refractivity contribution in [3.63, 3.8) is 0 Å². The minimum absolute atomic E-state index is 0.0198. The van der Waals surface area contributed by atoms with Crippen LogP contribution >= 0.6 is 0 Å². The van der Waals surface area contributed by atoms with E-state index < -0.39 is 0 Å². The molecule has 92 valence electrons. The van der Waals surface area contributed by atoms with Crippen LogP contribution in [0, 0.1) is 5.92 Å². The summed E-state index contributed by atoms with van der Waals surface area (Å²) in [6.45, 7) is 4.55. The number of hydrogen-bond donors (Lipinski definition) is 1. The van der Waals surface area contributed by atoms with Gasteiger partial charge in [-0.05, 0) is 18.9 Å². The molecule has 1 aromatic carbocycles. The normalized spacial score (nSPS) is 19.1. The second kappa shape index (κ2) is 5.21. The van der Waals surface area contributed by atoms with Gasteiger partial charge in [0.2, 0.25) is 5.91 Å². The number of carbonyl (C=O) groups is 1. The molecule has 0 fully saturated rings. The molecule has 1 atom stereocenters. The zero-order valence-corrected chi connectivity index (χ0v) is 10.4. The SMILES string of the molecule is CC(C)C(=O)NC1CCCOc2ccccc21. The third kappa shape index (κ3) is 2.78. The fourth-order valence-corrected chi connectivity index (χ4v) is 2.01. The van der Waals surface area contributed by atoms with E-state index in [9.17, 15) is 4.79 Å². The van der Waals surface area contributed by atoms with E-state index in [1.165, 1.54) is 0 Å². The topological polar surface area (TPSA) is 38.3 Å². The Hall–Kier alpha value is -1.51. The average molecular weight is 233 g/mol. The summed E-state index contributed by atoms with van der Waals surface area (Å²) in [6, 6.07) is 8.04. The Morgan fingerprint density at radius 1 is 1.41 bits per heavy atom. The first-order chi connectivity index (χ1) is 8.18. The van der Waals surface area contributed by atoms with Gasteiger partial charge in [0.25, 0.3) is 0 Å². The van der Waals surface area contributed by atoms with Crippen LogP contribution in [0.15, 0.2) is 24.3 Å². The first-order valence-electron chi connectivity index (χ1n) is 6.20. The molecule has 1 heterocycles. The van der Waals surface area contributed by atoms with Crippen LogP contribution in [-0.2, 0) is 4.79 Å². The van der Waals surface area contributed by atoms with E-state index in [4.69, 9.17) is 4.74 Å². The van der Waals surface area contributed by atoms with Crippen molar-refractivity contribution in [2.45, 2.75) is 32.7 Å². The van der Waals surface area contributed by atoms with Crippen LogP contribution < -0.4 is 10.1 Å². The molecule has 1 aromatic rings. The Kier molecular flexibility index (Phi) is 3.67. The fourth-order valence-electron chi connectivity index (χ4n) is 2.01. The molecule has 3 nitrogen and oxygen atoms in total. The zero-order valence-electron chi connectivity index (χ0n) is 10.4. The quantitative estimate of drug-likeness (QED) is 0.852. The summed E-state index contributed by atoms with van der Waals surface area (Å²) < 4.78 is 5.67. The van der Waals surface area contributed by atoms with E-state index >= 15 is 0 Å². The Morgan fingerprint density at radius 3 is 2.94 bits per heavy atom. The number of amides is 1. The molecule has 0 saturated carbocycles. The Morgan fingerprint density at radius 2 is 2.18 bits per heavy atom. The maximum Gasteiger partial charge on any atom is 0.223 e. The Labute approximate surface area is 102 Å². The van der Waals surface area contributed by atoms with E-state index in [1.807, 2.05) is 38.1 Å². The van der Waals surface area contributed by atoms with Crippen molar-refractivity contribution >= 4 is 5.91 Å². The summed E-state index contributed by atoms with van der Waals surface area (Å²) in [7, 11) is 0. The highest BCUT2D eigenvalue weighted by molar-refractivity contribution is 5.78.